The van der Waals surface area contributed by atoms with E-state index in [0.29, 0.717) is 6.42 Å². The highest BCUT2D eigenvalue weighted by molar-refractivity contribution is 7.85. The number of carbonyl (C=O) groups is 1. The van der Waals surface area contributed by atoms with Crippen molar-refractivity contribution in [2.75, 3.05) is 6.61 Å². The van der Waals surface area contributed by atoms with Crippen LogP contribution in [0.2, 0.25) is 0 Å². The molecular weight excluding hydrogens is 260 g/mol. The van der Waals surface area contributed by atoms with E-state index < -0.39 is 22.4 Å². The van der Waals surface area contributed by atoms with E-state index in [1.165, 1.54) is 6.07 Å². The molecule has 1 aliphatic rings. The Hall–Kier alpha value is -1.60. The average molecular weight is 272 g/mol. The van der Waals surface area contributed by atoms with Crippen LogP contribution < -0.4 is 0 Å². The average Bonchev–Trinajstić information content (AvgIpc) is 2.27. The molecule has 6 nitrogen and oxygen atoms in total. The van der Waals surface area contributed by atoms with Crippen LogP contribution in [0.4, 0.5) is 4.79 Å². The molecule has 1 fully saturated rings. The predicted molar refractivity (Wildman–Crippen MR) is 60.8 cm³/mol. The largest absolute Gasteiger partial charge is 0.508 e. The number of hydrogen-bond acceptors (Lipinski definition) is 5. The molecule has 1 aromatic rings. The molecule has 1 unspecified atom stereocenters. The first-order valence-electron chi connectivity index (χ1n) is 5.29. The Balaban J connectivity index is 2.48. The molecule has 0 aromatic heterocycles. The maximum atomic E-state index is 11.3. The van der Waals surface area contributed by atoms with Gasteiger partial charge in [0, 0.05) is 12.0 Å². The standard InChI is InChI=1S/C11H12O6S/c1-7-2-3-10(18(13,14)15)8(6-7)9-4-5-16-11(12)17-9/h2-3,6,9H,4-5H2,1H3,(H,13,14,15). The van der Waals surface area contributed by atoms with Gasteiger partial charge in [-0.15, -0.1) is 0 Å². The van der Waals surface area contributed by atoms with Gasteiger partial charge in [0.25, 0.3) is 10.1 Å². The lowest BCUT2D eigenvalue weighted by atomic mass is 10.0. The molecule has 1 atom stereocenters. The van der Waals surface area contributed by atoms with Crippen molar-refractivity contribution in [2.24, 2.45) is 0 Å². The smallest absolute Gasteiger partial charge is 0.434 e. The molecule has 7 heteroatoms. The zero-order valence-electron chi connectivity index (χ0n) is 9.62. The molecule has 1 aromatic carbocycles. The molecule has 0 bridgehead atoms. The topological polar surface area (TPSA) is 89.9 Å². The van der Waals surface area contributed by atoms with Crippen molar-refractivity contribution in [3.8, 4) is 0 Å². The Morgan fingerprint density at radius 3 is 2.72 bits per heavy atom. The number of cyclic esters (lactones) is 2. The van der Waals surface area contributed by atoms with E-state index in [1.807, 2.05) is 0 Å². The van der Waals surface area contributed by atoms with E-state index in [1.54, 1.807) is 19.1 Å². The van der Waals surface area contributed by atoms with Crippen molar-refractivity contribution in [3.63, 3.8) is 0 Å². The van der Waals surface area contributed by atoms with Crippen LogP contribution in [0.1, 0.15) is 23.7 Å². The summed E-state index contributed by atoms with van der Waals surface area (Å²) in [5, 5.41) is 0. The third-order valence-electron chi connectivity index (χ3n) is 2.63. The molecule has 1 saturated heterocycles. The number of aryl methyl sites for hydroxylation is 1. The zero-order chi connectivity index (χ0) is 13.3. The third kappa shape index (κ3) is 2.62. The van der Waals surface area contributed by atoms with Crippen molar-refractivity contribution >= 4 is 16.3 Å². The quantitative estimate of drug-likeness (QED) is 0.652. The molecule has 0 aliphatic carbocycles. The molecule has 2 rings (SSSR count). The van der Waals surface area contributed by atoms with Gasteiger partial charge in [-0.05, 0) is 13.0 Å². The van der Waals surface area contributed by atoms with Crippen molar-refractivity contribution in [1.82, 2.24) is 0 Å². The van der Waals surface area contributed by atoms with Crippen LogP contribution in [0, 0.1) is 6.92 Å². The Labute approximate surface area is 104 Å². The van der Waals surface area contributed by atoms with Crippen LogP contribution in [0.5, 0.6) is 0 Å². The van der Waals surface area contributed by atoms with Crippen molar-refractivity contribution in [3.05, 3.63) is 29.3 Å². The summed E-state index contributed by atoms with van der Waals surface area (Å²) in [7, 11) is -4.35. The van der Waals surface area contributed by atoms with Gasteiger partial charge in [0.2, 0.25) is 0 Å². The molecule has 98 valence electrons. The van der Waals surface area contributed by atoms with E-state index in [4.69, 9.17) is 9.29 Å². The Bertz CT molecular complexity index is 577. The van der Waals surface area contributed by atoms with Crippen molar-refractivity contribution in [1.29, 1.82) is 0 Å². The zero-order valence-corrected chi connectivity index (χ0v) is 10.4. The number of hydrogen-bond donors (Lipinski definition) is 1. The summed E-state index contributed by atoms with van der Waals surface area (Å²) in [6.45, 7) is 1.93. The highest BCUT2D eigenvalue weighted by Gasteiger charge is 2.28. The van der Waals surface area contributed by atoms with E-state index in [2.05, 4.69) is 4.74 Å². The van der Waals surface area contributed by atoms with Gasteiger partial charge in [0.15, 0.2) is 0 Å². The first kappa shape index (κ1) is 12.8. The number of rotatable bonds is 2. The summed E-state index contributed by atoms with van der Waals surface area (Å²) in [5.41, 5.74) is 1.08. The molecule has 0 amide bonds. The van der Waals surface area contributed by atoms with E-state index in [-0.39, 0.29) is 17.1 Å². The maximum Gasteiger partial charge on any atom is 0.508 e. The monoisotopic (exact) mass is 272 g/mol. The molecule has 0 saturated carbocycles. The van der Waals surface area contributed by atoms with Crippen LogP contribution in [-0.4, -0.2) is 25.7 Å². The number of benzene rings is 1. The van der Waals surface area contributed by atoms with Gasteiger partial charge in [-0.1, -0.05) is 17.7 Å². The Kier molecular flexibility index (Phi) is 3.27. The van der Waals surface area contributed by atoms with Crippen LogP contribution in [0.25, 0.3) is 0 Å². The molecule has 1 N–H and O–H groups in total. The summed E-state index contributed by atoms with van der Waals surface area (Å²) in [5.74, 6) is 0. The van der Waals surface area contributed by atoms with E-state index in [9.17, 15) is 13.2 Å². The summed E-state index contributed by atoms with van der Waals surface area (Å²) in [4.78, 5) is 10.8. The van der Waals surface area contributed by atoms with Crippen molar-refractivity contribution < 1.29 is 27.2 Å². The van der Waals surface area contributed by atoms with Crippen LogP contribution >= 0.6 is 0 Å². The minimum atomic E-state index is -4.35. The highest BCUT2D eigenvalue weighted by Crippen LogP contribution is 2.31. The first-order chi connectivity index (χ1) is 8.38. The number of carbonyl (C=O) groups excluding carboxylic acids is 1. The molecule has 1 aliphatic heterocycles. The summed E-state index contributed by atoms with van der Waals surface area (Å²) in [6.07, 6.45) is -1.21. The molecule has 0 radical (unpaired) electrons. The molecule has 1 heterocycles. The van der Waals surface area contributed by atoms with Gasteiger partial charge < -0.3 is 9.47 Å². The first-order valence-corrected chi connectivity index (χ1v) is 6.73. The Morgan fingerprint density at radius 1 is 1.39 bits per heavy atom. The van der Waals surface area contributed by atoms with Crippen molar-refractivity contribution in [2.45, 2.75) is 24.3 Å². The lowest BCUT2D eigenvalue weighted by Gasteiger charge is -2.24. The van der Waals surface area contributed by atoms with Gasteiger partial charge in [-0.25, -0.2) is 4.79 Å². The fourth-order valence-corrected chi connectivity index (χ4v) is 2.56. The lowest BCUT2D eigenvalue weighted by Crippen LogP contribution is -2.23. The van der Waals surface area contributed by atoms with Gasteiger partial charge >= 0.3 is 6.16 Å². The molecular formula is C11H12O6S. The van der Waals surface area contributed by atoms with Crippen LogP contribution in [-0.2, 0) is 19.6 Å². The van der Waals surface area contributed by atoms with E-state index in [0.717, 1.165) is 5.56 Å². The fourth-order valence-electron chi connectivity index (χ4n) is 1.83. The van der Waals surface area contributed by atoms with Gasteiger partial charge in [-0.3, -0.25) is 4.55 Å². The van der Waals surface area contributed by atoms with Gasteiger partial charge in [0.05, 0.1) is 6.61 Å². The van der Waals surface area contributed by atoms with Crippen LogP contribution in [0.15, 0.2) is 23.1 Å². The fraction of sp³-hybridized carbons (Fsp3) is 0.364. The lowest BCUT2D eigenvalue weighted by molar-refractivity contribution is -0.0246. The number of ether oxygens (including phenoxy) is 2. The SMILES string of the molecule is Cc1ccc(S(=O)(=O)O)c(C2CCOC(=O)O2)c1. The van der Waals surface area contributed by atoms with Gasteiger partial charge in [0.1, 0.15) is 11.0 Å². The predicted octanol–water partition coefficient (Wildman–Crippen LogP) is 1.84. The second kappa shape index (κ2) is 4.58. The summed E-state index contributed by atoms with van der Waals surface area (Å²) < 4.78 is 41.2. The minimum absolute atomic E-state index is 0.155. The third-order valence-corrected chi connectivity index (χ3v) is 3.56. The second-order valence-electron chi connectivity index (χ2n) is 4.01. The van der Waals surface area contributed by atoms with E-state index >= 15 is 0 Å². The maximum absolute atomic E-state index is 11.3. The Morgan fingerprint density at radius 2 is 2.11 bits per heavy atom. The van der Waals surface area contributed by atoms with Gasteiger partial charge in [-0.2, -0.15) is 8.42 Å². The minimum Gasteiger partial charge on any atom is -0.434 e. The normalized spacial score (nSPS) is 20.1. The van der Waals surface area contributed by atoms with Crippen LogP contribution in [0.3, 0.4) is 0 Å². The molecule has 18 heavy (non-hydrogen) atoms. The highest BCUT2D eigenvalue weighted by atomic mass is 32.2. The summed E-state index contributed by atoms with van der Waals surface area (Å²) in [6, 6.07) is 4.43. The summed E-state index contributed by atoms with van der Waals surface area (Å²) >= 11 is 0. The molecule has 0 spiro atoms. The second-order valence-corrected chi connectivity index (χ2v) is 5.40.